The summed E-state index contributed by atoms with van der Waals surface area (Å²) in [6.07, 6.45) is 5.09. The second-order valence-electron chi connectivity index (χ2n) is 7.72. The van der Waals surface area contributed by atoms with Crippen LogP contribution in [0.3, 0.4) is 0 Å². The van der Waals surface area contributed by atoms with Gasteiger partial charge in [0.2, 0.25) is 0 Å². The fraction of sp³-hybridized carbons (Fsp3) is 0.524. The van der Waals surface area contributed by atoms with Gasteiger partial charge in [-0.3, -0.25) is 9.59 Å². The van der Waals surface area contributed by atoms with Crippen molar-refractivity contribution in [3.63, 3.8) is 0 Å². The summed E-state index contributed by atoms with van der Waals surface area (Å²) in [5.74, 6) is 0.717. The smallest absolute Gasteiger partial charge is 0.276 e. The minimum Gasteiger partial charge on any atom is -0.497 e. The van der Waals surface area contributed by atoms with Crippen molar-refractivity contribution >= 4 is 24.1 Å². The van der Waals surface area contributed by atoms with E-state index in [1.54, 1.807) is 42.5 Å². The SMILES string of the molecule is COc1ccc(C(=O)C2CCN(C(=O)c3cn(C4CCNCC4)nn3)CC2)cc1.Cl. The standard InChI is InChI=1S/C21H27N5O3.ClH/c1-29-18-4-2-15(3-5-18)20(27)16-8-12-25(13-9-16)21(28)19-14-26(24-23-19)17-6-10-22-11-7-17;/h2-5,14,16-17,22H,6-13H2,1H3;1H. The number of carbonyl (C=O) groups is 2. The molecule has 3 heterocycles. The number of piperidine rings is 2. The zero-order chi connectivity index (χ0) is 20.2. The molecule has 1 N–H and O–H groups in total. The summed E-state index contributed by atoms with van der Waals surface area (Å²) >= 11 is 0. The number of halogens is 1. The van der Waals surface area contributed by atoms with E-state index in [4.69, 9.17) is 4.74 Å². The van der Waals surface area contributed by atoms with Gasteiger partial charge in [0.15, 0.2) is 11.5 Å². The molecule has 9 heteroatoms. The number of rotatable bonds is 5. The van der Waals surface area contributed by atoms with Crippen molar-refractivity contribution < 1.29 is 14.3 Å². The Morgan fingerprint density at radius 3 is 2.37 bits per heavy atom. The molecule has 8 nitrogen and oxygen atoms in total. The van der Waals surface area contributed by atoms with E-state index in [-0.39, 0.29) is 30.0 Å². The van der Waals surface area contributed by atoms with Gasteiger partial charge in [-0.25, -0.2) is 4.68 Å². The molecule has 4 rings (SSSR count). The molecule has 2 aliphatic rings. The van der Waals surface area contributed by atoms with E-state index in [1.807, 2.05) is 4.68 Å². The van der Waals surface area contributed by atoms with Gasteiger partial charge in [-0.05, 0) is 63.0 Å². The van der Waals surface area contributed by atoms with Gasteiger partial charge in [0.25, 0.3) is 5.91 Å². The first-order valence-corrected chi connectivity index (χ1v) is 10.3. The first-order chi connectivity index (χ1) is 14.2. The van der Waals surface area contributed by atoms with Crippen LogP contribution in [0.5, 0.6) is 5.75 Å². The van der Waals surface area contributed by atoms with Crippen LogP contribution in [0.2, 0.25) is 0 Å². The maximum Gasteiger partial charge on any atom is 0.276 e. The van der Waals surface area contributed by atoms with Gasteiger partial charge in [0.1, 0.15) is 5.75 Å². The Bertz CT molecular complexity index is 856. The molecule has 1 aromatic heterocycles. The van der Waals surface area contributed by atoms with Crippen molar-refractivity contribution in [2.75, 3.05) is 33.3 Å². The lowest BCUT2D eigenvalue weighted by molar-refractivity contribution is 0.0645. The van der Waals surface area contributed by atoms with Crippen molar-refractivity contribution in [3.05, 3.63) is 41.7 Å². The molecule has 0 aliphatic carbocycles. The summed E-state index contributed by atoms with van der Waals surface area (Å²) < 4.78 is 6.97. The Balaban J connectivity index is 0.00000256. The van der Waals surface area contributed by atoms with Crippen LogP contribution in [-0.4, -0.2) is 64.9 Å². The minimum atomic E-state index is -0.0967. The van der Waals surface area contributed by atoms with Crippen LogP contribution >= 0.6 is 12.4 Å². The predicted molar refractivity (Wildman–Crippen MR) is 114 cm³/mol. The van der Waals surface area contributed by atoms with Crippen molar-refractivity contribution in [3.8, 4) is 5.75 Å². The summed E-state index contributed by atoms with van der Waals surface area (Å²) in [6.45, 7) is 3.05. The minimum absolute atomic E-state index is 0. The molecule has 0 radical (unpaired) electrons. The first kappa shape index (κ1) is 22.2. The van der Waals surface area contributed by atoms with Crippen LogP contribution in [0.15, 0.2) is 30.5 Å². The zero-order valence-corrected chi connectivity index (χ0v) is 17.9. The third kappa shape index (κ3) is 4.82. The first-order valence-electron chi connectivity index (χ1n) is 10.3. The van der Waals surface area contributed by atoms with Crippen LogP contribution in [-0.2, 0) is 0 Å². The highest BCUT2D eigenvalue weighted by Gasteiger charge is 2.30. The molecule has 2 fully saturated rings. The number of methoxy groups -OCH3 is 1. The average Bonchev–Trinajstić information content (AvgIpc) is 3.29. The lowest BCUT2D eigenvalue weighted by Crippen LogP contribution is -2.40. The summed E-state index contributed by atoms with van der Waals surface area (Å²) in [5, 5.41) is 11.6. The largest absolute Gasteiger partial charge is 0.497 e. The topological polar surface area (TPSA) is 89.4 Å². The molecular weight excluding hydrogens is 406 g/mol. The summed E-state index contributed by atoms with van der Waals surface area (Å²) in [5.41, 5.74) is 1.09. The summed E-state index contributed by atoms with van der Waals surface area (Å²) in [4.78, 5) is 27.3. The normalized spacial score (nSPS) is 18.0. The Morgan fingerprint density at radius 2 is 1.73 bits per heavy atom. The van der Waals surface area contributed by atoms with E-state index < -0.39 is 0 Å². The lowest BCUT2D eigenvalue weighted by Gasteiger charge is -2.30. The van der Waals surface area contributed by atoms with Crippen LogP contribution in [0.4, 0.5) is 0 Å². The van der Waals surface area contributed by atoms with Crippen molar-refractivity contribution in [1.29, 1.82) is 0 Å². The number of ether oxygens (including phenoxy) is 1. The van der Waals surface area contributed by atoms with Crippen molar-refractivity contribution in [2.24, 2.45) is 5.92 Å². The molecule has 0 spiro atoms. The highest BCUT2D eigenvalue weighted by molar-refractivity contribution is 5.98. The van der Waals surface area contributed by atoms with E-state index in [2.05, 4.69) is 15.6 Å². The molecular formula is C21H28ClN5O3. The van der Waals surface area contributed by atoms with E-state index in [1.165, 1.54) is 0 Å². The second-order valence-corrected chi connectivity index (χ2v) is 7.72. The molecule has 1 aromatic carbocycles. The zero-order valence-electron chi connectivity index (χ0n) is 17.1. The Hall–Kier alpha value is -2.45. The molecule has 2 saturated heterocycles. The predicted octanol–water partition coefficient (Wildman–Crippen LogP) is 2.37. The number of carbonyl (C=O) groups excluding carboxylic acids is 2. The number of nitrogens with zero attached hydrogens (tertiary/aromatic N) is 4. The molecule has 0 bridgehead atoms. The van der Waals surface area contributed by atoms with Crippen LogP contribution in [0, 0.1) is 5.92 Å². The molecule has 2 aliphatic heterocycles. The average molecular weight is 434 g/mol. The van der Waals surface area contributed by atoms with Gasteiger partial charge in [-0.2, -0.15) is 0 Å². The number of hydrogen-bond donors (Lipinski definition) is 1. The molecule has 30 heavy (non-hydrogen) atoms. The number of ketones is 1. The van der Waals surface area contributed by atoms with E-state index in [0.717, 1.165) is 31.7 Å². The number of benzene rings is 1. The molecule has 0 saturated carbocycles. The quantitative estimate of drug-likeness (QED) is 0.728. The Kier molecular flexibility index (Phi) is 7.44. The Morgan fingerprint density at radius 1 is 1.07 bits per heavy atom. The maximum atomic E-state index is 12.8. The van der Waals surface area contributed by atoms with E-state index in [0.29, 0.717) is 43.2 Å². The molecule has 0 atom stereocenters. The fourth-order valence-electron chi connectivity index (χ4n) is 4.12. The number of amides is 1. The van der Waals surface area contributed by atoms with Gasteiger partial charge >= 0.3 is 0 Å². The van der Waals surface area contributed by atoms with Gasteiger partial charge in [0, 0.05) is 24.6 Å². The number of hydrogen-bond acceptors (Lipinski definition) is 6. The number of likely N-dealkylation sites (tertiary alicyclic amines) is 1. The third-order valence-corrected chi connectivity index (χ3v) is 5.94. The van der Waals surface area contributed by atoms with Crippen LogP contribution in [0.1, 0.15) is 52.6 Å². The maximum absolute atomic E-state index is 12.8. The third-order valence-electron chi connectivity index (χ3n) is 5.94. The van der Waals surface area contributed by atoms with Gasteiger partial charge in [-0.15, -0.1) is 17.5 Å². The second kappa shape index (κ2) is 10.0. The van der Waals surface area contributed by atoms with Crippen LogP contribution < -0.4 is 10.1 Å². The lowest BCUT2D eigenvalue weighted by atomic mass is 9.89. The highest BCUT2D eigenvalue weighted by atomic mass is 35.5. The highest BCUT2D eigenvalue weighted by Crippen LogP contribution is 2.24. The van der Waals surface area contributed by atoms with Crippen molar-refractivity contribution in [2.45, 2.75) is 31.7 Å². The van der Waals surface area contributed by atoms with E-state index in [9.17, 15) is 9.59 Å². The van der Waals surface area contributed by atoms with Gasteiger partial charge in [-0.1, -0.05) is 5.21 Å². The number of Topliss-reactive ketones (excluding diaryl/α,β-unsaturated/α-hetero) is 1. The van der Waals surface area contributed by atoms with E-state index >= 15 is 0 Å². The number of nitrogens with one attached hydrogen (secondary N) is 1. The van der Waals surface area contributed by atoms with Crippen LogP contribution in [0.25, 0.3) is 0 Å². The fourth-order valence-corrected chi connectivity index (χ4v) is 4.12. The van der Waals surface area contributed by atoms with Gasteiger partial charge in [0.05, 0.1) is 19.3 Å². The Labute approximate surface area is 182 Å². The molecule has 162 valence electrons. The molecule has 1 amide bonds. The molecule has 2 aromatic rings. The molecule has 0 unspecified atom stereocenters. The monoisotopic (exact) mass is 433 g/mol. The van der Waals surface area contributed by atoms with Crippen molar-refractivity contribution in [1.82, 2.24) is 25.2 Å². The van der Waals surface area contributed by atoms with Gasteiger partial charge < -0.3 is 15.0 Å². The summed E-state index contributed by atoms with van der Waals surface area (Å²) in [6, 6.07) is 7.52. The number of aromatic nitrogens is 3. The summed E-state index contributed by atoms with van der Waals surface area (Å²) in [7, 11) is 1.61.